The van der Waals surface area contributed by atoms with Gasteiger partial charge < -0.3 is 15.2 Å². The lowest BCUT2D eigenvalue weighted by molar-refractivity contribution is -0.274. The average molecular weight is 394 g/mol. The molecule has 1 fully saturated rings. The first kappa shape index (κ1) is 20.0. The van der Waals surface area contributed by atoms with Gasteiger partial charge in [0.15, 0.2) is 0 Å². The second kappa shape index (κ2) is 8.52. The SMILES string of the molecule is O=C(Nc1ccccc1O)C1CCN(Cc2ccc(OC(F)(F)F)cc2)CC1. The highest BCUT2D eigenvalue weighted by molar-refractivity contribution is 5.93. The molecule has 2 aromatic rings. The molecular formula is C20H21F3N2O3. The van der Waals surface area contributed by atoms with Gasteiger partial charge in [0.1, 0.15) is 11.5 Å². The smallest absolute Gasteiger partial charge is 0.506 e. The number of carbonyl (C=O) groups excluding carboxylic acids is 1. The first-order chi connectivity index (χ1) is 13.3. The van der Waals surface area contributed by atoms with Crippen LogP contribution >= 0.6 is 0 Å². The molecule has 0 unspecified atom stereocenters. The summed E-state index contributed by atoms with van der Waals surface area (Å²) in [5.41, 5.74) is 1.28. The molecule has 0 aromatic heterocycles. The van der Waals surface area contributed by atoms with E-state index in [9.17, 15) is 23.1 Å². The van der Waals surface area contributed by atoms with Crippen LogP contribution in [0.3, 0.4) is 0 Å². The maximum absolute atomic E-state index is 12.4. The largest absolute Gasteiger partial charge is 0.573 e. The Hall–Kier alpha value is -2.74. The Bertz CT molecular complexity index is 801. The van der Waals surface area contributed by atoms with Crippen LogP contribution in [-0.4, -0.2) is 35.4 Å². The molecule has 5 nitrogen and oxygen atoms in total. The van der Waals surface area contributed by atoms with Crippen molar-refractivity contribution in [2.24, 2.45) is 5.92 Å². The number of benzene rings is 2. The van der Waals surface area contributed by atoms with Crippen molar-refractivity contribution in [3.05, 3.63) is 54.1 Å². The molecule has 3 rings (SSSR count). The topological polar surface area (TPSA) is 61.8 Å². The number of phenolic OH excluding ortho intramolecular Hbond substituents is 1. The normalized spacial score (nSPS) is 16.0. The van der Waals surface area contributed by atoms with E-state index in [0.29, 0.717) is 38.2 Å². The summed E-state index contributed by atoms with van der Waals surface area (Å²) in [6.45, 7) is 2.01. The third kappa shape index (κ3) is 5.63. The van der Waals surface area contributed by atoms with Crippen LogP contribution in [0.2, 0.25) is 0 Å². The van der Waals surface area contributed by atoms with Crippen molar-refractivity contribution in [2.75, 3.05) is 18.4 Å². The fourth-order valence-corrected chi connectivity index (χ4v) is 3.22. The molecule has 1 aliphatic heterocycles. The molecule has 1 aliphatic rings. The lowest BCUT2D eigenvalue weighted by atomic mass is 9.95. The maximum Gasteiger partial charge on any atom is 0.573 e. The van der Waals surface area contributed by atoms with Crippen LogP contribution in [0.4, 0.5) is 18.9 Å². The van der Waals surface area contributed by atoms with Crippen LogP contribution in [0.25, 0.3) is 0 Å². The van der Waals surface area contributed by atoms with Gasteiger partial charge in [-0.15, -0.1) is 13.2 Å². The molecule has 0 saturated carbocycles. The van der Waals surface area contributed by atoms with Crippen molar-refractivity contribution < 1.29 is 27.8 Å². The Labute approximate surface area is 160 Å². The number of hydrogen-bond donors (Lipinski definition) is 2. The fourth-order valence-electron chi connectivity index (χ4n) is 3.22. The van der Waals surface area contributed by atoms with Gasteiger partial charge in [-0.2, -0.15) is 0 Å². The Morgan fingerprint density at radius 2 is 1.75 bits per heavy atom. The minimum atomic E-state index is -4.69. The predicted octanol–water partition coefficient (Wildman–Crippen LogP) is 4.14. The highest BCUT2D eigenvalue weighted by Crippen LogP contribution is 2.26. The summed E-state index contributed by atoms with van der Waals surface area (Å²) in [5.74, 6) is -0.463. The number of alkyl halides is 3. The van der Waals surface area contributed by atoms with Gasteiger partial charge in [0.2, 0.25) is 5.91 Å². The molecular weight excluding hydrogens is 373 g/mol. The number of phenols is 1. The molecule has 2 N–H and O–H groups in total. The van der Waals surface area contributed by atoms with Crippen LogP contribution in [0.15, 0.2) is 48.5 Å². The molecule has 150 valence electrons. The van der Waals surface area contributed by atoms with Crippen molar-refractivity contribution in [1.29, 1.82) is 0 Å². The Balaban J connectivity index is 1.47. The number of hydrogen-bond acceptors (Lipinski definition) is 4. The Morgan fingerprint density at radius 3 is 2.36 bits per heavy atom. The van der Waals surface area contributed by atoms with E-state index in [1.54, 1.807) is 30.3 Å². The number of rotatable bonds is 5. The van der Waals surface area contributed by atoms with Crippen LogP contribution in [0.1, 0.15) is 18.4 Å². The molecule has 0 radical (unpaired) electrons. The summed E-state index contributed by atoms with van der Waals surface area (Å²) in [4.78, 5) is 14.5. The molecule has 8 heteroatoms. The van der Waals surface area contributed by atoms with Gasteiger partial charge in [0.25, 0.3) is 0 Å². The number of halogens is 3. The van der Waals surface area contributed by atoms with Gasteiger partial charge in [-0.1, -0.05) is 24.3 Å². The zero-order chi connectivity index (χ0) is 20.1. The van der Waals surface area contributed by atoms with E-state index < -0.39 is 6.36 Å². The number of nitrogens with zero attached hydrogens (tertiary/aromatic N) is 1. The zero-order valence-electron chi connectivity index (χ0n) is 15.1. The van der Waals surface area contributed by atoms with Crippen molar-refractivity contribution >= 4 is 11.6 Å². The molecule has 0 bridgehead atoms. The first-order valence-corrected chi connectivity index (χ1v) is 8.96. The van der Waals surface area contributed by atoms with Crippen LogP contribution in [0, 0.1) is 5.92 Å². The molecule has 0 atom stereocenters. The molecule has 2 aromatic carbocycles. The number of anilines is 1. The van der Waals surface area contributed by atoms with Crippen molar-refractivity contribution in [2.45, 2.75) is 25.7 Å². The van der Waals surface area contributed by atoms with E-state index in [1.807, 2.05) is 0 Å². The average Bonchev–Trinajstić information content (AvgIpc) is 2.64. The number of para-hydroxylation sites is 2. The van der Waals surface area contributed by atoms with Gasteiger partial charge in [0.05, 0.1) is 5.69 Å². The summed E-state index contributed by atoms with van der Waals surface area (Å²) in [6, 6.07) is 12.4. The standard InChI is InChI=1S/C20H21F3N2O3/c21-20(22,23)28-16-7-5-14(6-8-16)13-25-11-9-15(10-12-25)19(27)24-17-3-1-2-4-18(17)26/h1-8,15,26H,9-13H2,(H,24,27). The molecule has 28 heavy (non-hydrogen) atoms. The van der Waals surface area contributed by atoms with Gasteiger partial charge in [-0.05, 0) is 55.8 Å². The summed E-state index contributed by atoms with van der Waals surface area (Å²) in [7, 11) is 0. The summed E-state index contributed by atoms with van der Waals surface area (Å²) in [6.07, 6.45) is -3.34. The second-order valence-electron chi connectivity index (χ2n) is 6.75. The van der Waals surface area contributed by atoms with E-state index >= 15 is 0 Å². The monoisotopic (exact) mass is 394 g/mol. The molecule has 0 aliphatic carbocycles. The third-order valence-corrected chi connectivity index (χ3v) is 4.68. The van der Waals surface area contributed by atoms with E-state index in [1.165, 1.54) is 18.2 Å². The van der Waals surface area contributed by atoms with E-state index in [-0.39, 0.29) is 23.3 Å². The first-order valence-electron chi connectivity index (χ1n) is 8.96. The number of ether oxygens (including phenoxy) is 1. The predicted molar refractivity (Wildman–Crippen MR) is 97.9 cm³/mol. The van der Waals surface area contributed by atoms with Crippen molar-refractivity contribution in [3.8, 4) is 11.5 Å². The molecule has 1 heterocycles. The van der Waals surface area contributed by atoms with E-state index in [2.05, 4.69) is 15.0 Å². The summed E-state index contributed by atoms with van der Waals surface area (Å²) < 4.78 is 40.5. The number of nitrogens with one attached hydrogen (secondary N) is 1. The van der Waals surface area contributed by atoms with Gasteiger partial charge in [0, 0.05) is 12.5 Å². The lowest BCUT2D eigenvalue weighted by Crippen LogP contribution is -2.37. The third-order valence-electron chi connectivity index (χ3n) is 4.68. The Kier molecular flexibility index (Phi) is 6.08. The summed E-state index contributed by atoms with van der Waals surface area (Å²) in [5, 5.41) is 12.5. The van der Waals surface area contributed by atoms with Gasteiger partial charge >= 0.3 is 6.36 Å². The molecule has 1 amide bonds. The highest BCUT2D eigenvalue weighted by Gasteiger charge is 2.31. The number of carbonyl (C=O) groups is 1. The van der Waals surface area contributed by atoms with Crippen molar-refractivity contribution in [3.63, 3.8) is 0 Å². The quantitative estimate of drug-likeness (QED) is 0.749. The van der Waals surface area contributed by atoms with Gasteiger partial charge in [-0.3, -0.25) is 9.69 Å². The highest BCUT2D eigenvalue weighted by atomic mass is 19.4. The van der Waals surface area contributed by atoms with Crippen molar-refractivity contribution in [1.82, 2.24) is 4.90 Å². The molecule has 0 spiro atoms. The number of likely N-dealkylation sites (tertiary alicyclic amines) is 1. The number of piperidine rings is 1. The zero-order valence-corrected chi connectivity index (χ0v) is 15.1. The number of amides is 1. The van der Waals surface area contributed by atoms with Gasteiger partial charge in [-0.25, -0.2) is 0 Å². The lowest BCUT2D eigenvalue weighted by Gasteiger charge is -2.31. The van der Waals surface area contributed by atoms with E-state index in [0.717, 1.165) is 5.56 Å². The second-order valence-corrected chi connectivity index (χ2v) is 6.75. The van der Waals surface area contributed by atoms with Crippen LogP contribution < -0.4 is 10.1 Å². The Morgan fingerprint density at radius 1 is 1.11 bits per heavy atom. The fraction of sp³-hybridized carbons (Fsp3) is 0.350. The van der Waals surface area contributed by atoms with Crippen LogP contribution in [0.5, 0.6) is 11.5 Å². The number of aromatic hydroxyl groups is 1. The maximum atomic E-state index is 12.4. The summed E-state index contributed by atoms with van der Waals surface area (Å²) >= 11 is 0. The van der Waals surface area contributed by atoms with E-state index in [4.69, 9.17) is 0 Å². The minimum absolute atomic E-state index is 0.0336. The molecule has 1 saturated heterocycles. The minimum Gasteiger partial charge on any atom is -0.506 e. The van der Waals surface area contributed by atoms with Crippen LogP contribution in [-0.2, 0) is 11.3 Å².